The van der Waals surface area contributed by atoms with Gasteiger partial charge in [-0.15, -0.1) is 0 Å². The Hall–Kier alpha value is -3.25. The van der Waals surface area contributed by atoms with Gasteiger partial charge < -0.3 is 15.7 Å². The number of carbonyl (C=O) groups is 1. The van der Waals surface area contributed by atoms with Gasteiger partial charge in [-0.05, 0) is 18.4 Å². The van der Waals surface area contributed by atoms with Crippen molar-refractivity contribution in [3.63, 3.8) is 0 Å². The van der Waals surface area contributed by atoms with Gasteiger partial charge in [-0.25, -0.2) is 9.97 Å². The van der Waals surface area contributed by atoms with Crippen LogP contribution < -0.4 is 10.6 Å². The number of anilines is 1. The molecule has 6 nitrogen and oxygen atoms in total. The summed E-state index contributed by atoms with van der Waals surface area (Å²) in [7, 11) is 0. The highest BCUT2D eigenvalue weighted by molar-refractivity contribution is 5.96. The zero-order valence-electron chi connectivity index (χ0n) is 15.4. The average molecular weight is 374 g/mol. The number of hydrogen-bond donors (Lipinski definition) is 3. The number of rotatable bonds is 6. The van der Waals surface area contributed by atoms with Crippen LogP contribution in [-0.2, 0) is 12.8 Å². The van der Waals surface area contributed by atoms with E-state index in [1.54, 1.807) is 0 Å². The minimum Gasteiger partial charge on any atom is -0.394 e. The highest BCUT2D eigenvalue weighted by atomic mass is 16.3. The molecule has 142 valence electrons. The lowest BCUT2D eigenvalue weighted by Crippen LogP contribution is -2.35. The molecule has 1 aliphatic heterocycles. The lowest BCUT2D eigenvalue weighted by atomic mass is 10.0. The molecule has 28 heavy (non-hydrogen) atoms. The first kappa shape index (κ1) is 18.1. The number of amides is 1. The number of hydrogen-bond acceptors (Lipinski definition) is 5. The van der Waals surface area contributed by atoms with E-state index in [0.29, 0.717) is 36.7 Å². The van der Waals surface area contributed by atoms with Crippen LogP contribution in [0.3, 0.4) is 0 Å². The first-order valence-corrected chi connectivity index (χ1v) is 9.40. The number of fused-ring (bicyclic) bond motifs is 1. The van der Waals surface area contributed by atoms with E-state index >= 15 is 0 Å². The summed E-state index contributed by atoms with van der Waals surface area (Å²) in [5.74, 6) is 0.927. The highest BCUT2D eigenvalue weighted by Gasteiger charge is 2.25. The molecule has 2 heterocycles. The lowest BCUT2D eigenvalue weighted by molar-refractivity contribution is 0.0940. The van der Waals surface area contributed by atoms with Crippen molar-refractivity contribution in [1.82, 2.24) is 15.3 Å². The first-order valence-electron chi connectivity index (χ1n) is 9.40. The van der Waals surface area contributed by atoms with Crippen molar-refractivity contribution in [1.29, 1.82) is 0 Å². The van der Waals surface area contributed by atoms with Gasteiger partial charge in [0.05, 0.1) is 12.6 Å². The fourth-order valence-corrected chi connectivity index (χ4v) is 3.38. The van der Waals surface area contributed by atoms with E-state index in [-0.39, 0.29) is 18.6 Å². The van der Waals surface area contributed by atoms with Crippen LogP contribution in [0.15, 0.2) is 60.7 Å². The molecular formula is C22H22N4O2. The summed E-state index contributed by atoms with van der Waals surface area (Å²) in [5.41, 5.74) is 3.17. The molecule has 3 aromatic rings. The number of nitrogens with one attached hydrogen (secondary N) is 2. The predicted octanol–water partition coefficient (Wildman–Crippen LogP) is 2.44. The normalized spacial score (nSPS) is 14.1. The number of carbonyl (C=O) groups excluding carboxylic acids is 1. The number of aromatic nitrogens is 2. The van der Waals surface area contributed by atoms with Crippen molar-refractivity contribution < 1.29 is 9.90 Å². The SMILES string of the molecule is O=C1NCCc2c(N[C@@H](CO)Cc3ccccc3)nc(-c3ccccc3)nc21. The van der Waals surface area contributed by atoms with Gasteiger partial charge in [0.1, 0.15) is 11.5 Å². The van der Waals surface area contributed by atoms with E-state index in [4.69, 9.17) is 4.98 Å². The maximum atomic E-state index is 12.4. The van der Waals surface area contributed by atoms with Crippen LogP contribution in [0.25, 0.3) is 11.4 Å². The summed E-state index contributed by atoms with van der Waals surface area (Å²) in [5, 5.41) is 16.1. The van der Waals surface area contributed by atoms with E-state index < -0.39 is 0 Å². The van der Waals surface area contributed by atoms with Gasteiger partial charge in [0.2, 0.25) is 0 Å². The third-order valence-electron chi connectivity index (χ3n) is 4.80. The van der Waals surface area contributed by atoms with Gasteiger partial charge in [0.15, 0.2) is 5.82 Å². The Bertz CT molecular complexity index is 961. The maximum Gasteiger partial charge on any atom is 0.270 e. The van der Waals surface area contributed by atoms with E-state index in [1.165, 1.54) is 0 Å². The van der Waals surface area contributed by atoms with Crippen molar-refractivity contribution in [3.05, 3.63) is 77.5 Å². The van der Waals surface area contributed by atoms with Gasteiger partial charge in [-0.3, -0.25) is 4.79 Å². The van der Waals surface area contributed by atoms with Gasteiger partial charge in [0.25, 0.3) is 5.91 Å². The summed E-state index contributed by atoms with van der Waals surface area (Å²) in [6.45, 7) is 0.511. The van der Waals surface area contributed by atoms with Crippen molar-refractivity contribution in [2.75, 3.05) is 18.5 Å². The Labute approximate surface area is 163 Å². The molecule has 1 atom stereocenters. The van der Waals surface area contributed by atoms with Crippen LogP contribution in [0.5, 0.6) is 0 Å². The van der Waals surface area contributed by atoms with E-state index in [0.717, 1.165) is 16.7 Å². The second-order valence-electron chi connectivity index (χ2n) is 6.81. The molecule has 3 N–H and O–H groups in total. The molecule has 1 aromatic heterocycles. The molecule has 0 bridgehead atoms. The zero-order chi connectivity index (χ0) is 19.3. The van der Waals surface area contributed by atoms with Crippen LogP contribution in [-0.4, -0.2) is 40.2 Å². The molecule has 2 aromatic carbocycles. The van der Waals surface area contributed by atoms with Gasteiger partial charge in [0, 0.05) is 17.7 Å². The van der Waals surface area contributed by atoms with Crippen molar-refractivity contribution in [2.24, 2.45) is 0 Å². The predicted molar refractivity (Wildman–Crippen MR) is 108 cm³/mol. The van der Waals surface area contributed by atoms with Gasteiger partial charge >= 0.3 is 0 Å². The Balaban J connectivity index is 1.70. The Morgan fingerprint density at radius 3 is 2.46 bits per heavy atom. The maximum absolute atomic E-state index is 12.4. The third kappa shape index (κ3) is 3.87. The monoisotopic (exact) mass is 374 g/mol. The standard InChI is InChI=1S/C22H22N4O2/c27-14-17(13-15-7-3-1-4-8-15)24-21-18-11-12-23-22(28)19(18)25-20(26-21)16-9-5-2-6-10-16/h1-10,17,27H,11-14H2,(H,23,28)(H,24,25,26)/t17-/m1/s1. The molecule has 0 saturated carbocycles. The third-order valence-corrected chi connectivity index (χ3v) is 4.80. The minimum atomic E-state index is -0.213. The number of nitrogens with zero attached hydrogens (tertiary/aromatic N) is 2. The smallest absolute Gasteiger partial charge is 0.270 e. The summed E-state index contributed by atoms with van der Waals surface area (Å²) in [6, 6.07) is 19.4. The molecule has 0 saturated heterocycles. The lowest BCUT2D eigenvalue weighted by Gasteiger charge is -2.23. The molecule has 0 spiro atoms. The van der Waals surface area contributed by atoms with Crippen molar-refractivity contribution in [3.8, 4) is 11.4 Å². The molecular weight excluding hydrogens is 352 g/mol. The molecule has 1 amide bonds. The van der Waals surface area contributed by atoms with E-state index in [9.17, 15) is 9.90 Å². The summed E-state index contributed by atoms with van der Waals surface area (Å²) in [4.78, 5) is 21.6. The first-order chi connectivity index (χ1) is 13.7. The van der Waals surface area contributed by atoms with E-state index in [2.05, 4.69) is 15.6 Å². The Morgan fingerprint density at radius 2 is 1.75 bits per heavy atom. The molecule has 0 fully saturated rings. The second kappa shape index (κ2) is 8.19. The van der Waals surface area contributed by atoms with Gasteiger partial charge in [-0.1, -0.05) is 60.7 Å². The molecule has 0 aliphatic carbocycles. The number of aliphatic hydroxyl groups excluding tert-OH is 1. The van der Waals surface area contributed by atoms with Crippen LogP contribution in [0.2, 0.25) is 0 Å². The molecule has 1 aliphatic rings. The van der Waals surface area contributed by atoms with Crippen LogP contribution in [0, 0.1) is 0 Å². The Kier molecular flexibility index (Phi) is 5.30. The fraction of sp³-hybridized carbons (Fsp3) is 0.227. The average Bonchev–Trinajstić information content (AvgIpc) is 2.75. The minimum absolute atomic E-state index is 0.0411. The zero-order valence-corrected chi connectivity index (χ0v) is 15.4. The summed E-state index contributed by atoms with van der Waals surface area (Å²) in [6.07, 6.45) is 1.31. The van der Waals surface area contributed by atoms with Crippen LogP contribution in [0.1, 0.15) is 21.6 Å². The van der Waals surface area contributed by atoms with Crippen LogP contribution in [0.4, 0.5) is 5.82 Å². The molecule has 4 rings (SSSR count). The van der Waals surface area contributed by atoms with Crippen LogP contribution >= 0.6 is 0 Å². The fourth-order valence-electron chi connectivity index (χ4n) is 3.38. The number of benzene rings is 2. The van der Waals surface area contributed by atoms with Gasteiger partial charge in [-0.2, -0.15) is 0 Å². The number of aliphatic hydroxyl groups is 1. The Morgan fingerprint density at radius 1 is 1.04 bits per heavy atom. The highest BCUT2D eigenvalue weighted by Crippen LogP contribution is 2.25. The largest absolute Gasteiger partial charge is 0.394 e. The van der Waals surface area contributed by atoms with E-state index in [1.807, 2.05) is 60.7 Å². The molecule has 0 unspecified atom stereocenters. The topological polar surface area (TPSA) is 87.1 Å². The van der Waals surface area contributed by atoms with Crippen molar-refractivity contribution >= 4 is 11.7 Å². The summed E-state index contributed by atoms with van der Waals surface area (Å²) >= 11 is 0. The second-order valence-corrected chi connectivity index (χ2v) is 6.81. The summed E-state index contributed by atoms with van der Waals surface area (Å²) < 4.78 is 0. The molecule has 6 heteroatoms. The molecule has 0 radical (unpaired) electrons. The quantitative estimate of drug-likeness (QED) is 0.617. The van der Waals surface area contributed by atoms with Crippen molar-refractivity contribution in [2.45, 2.75) is 18.9 Å².